The van der Waals surface area contributed by atoms with Crippen LogP contribution in [0.4, 0.5) is 10.5 Å². The molecule has 0 spiro atoms. The molecule has 0 atom stereocenters. The van der Waals surface area contributed by atoms with Crippen LogP contribution in [0.2, 0.25) is 5.02 Å². The van der Waals surface area contributed by atoms with Crippen LogP contribution in [0.25, 0.3) is 11.2 Å². The Morgan fingerprint density at radius 2 is 1.87 bits per heavy atom. The summed E-state index contributed by atoms with van der Waals surface area (Å²) < 4.78 is 2.11. The zero-order chi connectivity index (χ0) is 21.8. The number of carbonyl (C=O) groups excluding carboxylic acids is 1. The fraction of sp³-hybridized carbons (Fsp3) is 0.208. The maximum absolute atomic E-state index is 12.3. The number of hydrogen-bond acceptors (Lipinski definition) is 3. The summed E-state index contributed by atoms with van der Waals surface area (Å²) in [6.07, 6.45) is 2.36. The van der Waals surface area contributed by atoms with Crippen LogP contribution in [0.1, 0.15) is 22.5 Å². The number of carbonyl (C=O) groups is 1. The molecule has 2 heterocycles. The van der Waals surface area contributed by atoms with Gasteiger partial charge in [-0.05, 0) is 49.2 Å². The van der Waals surface area contributed by atoms with Gasteiger partial charge in [-0.25, -0.2) is 14.8 Å². The third-order valence-corrected chi connectivity index (χ3v) is 5.60. The first-order valence-corrected chi connectivity index (χ1v) is 10.5. The first-order chi connectivity index (χ1) is 15.0. The second-order valence-electron chi connectivity index (χ2n) is 7.49. The van der Waals surface area contributed by atoms with Crippen molar-refractivity contribution in [3.8, 4) is 0 Å². The van der Waals surface area contributed by atoms with Gasteiger partial charge in [-0.1, -0.05) is 47.5 Å². The van der Waals surface area contributed by atoms with Gasteiger partial charge >= 0.3 is 6.03 Å². The van der Waals surface area contributed by atoms with E-state index in [2.05, 4.69) is 51.4 Å². The Bertz CT molecular complexity index is 1220. The van der Waals surface area contributed by atoms with Crippen LogP contribution in [0.15, 0.2) is 60.8 Å². The van der Waals surface area contributed by atoms with Crippen LogP contribution in [-0.2, 0) is 13.0 Å². The summed E-state index contributed by atoms with van der Waals surface area (Å²) in [6.45, 7) is 5.07. The van der Waals surface area contributed by atoms with Crippen LogP contribution in [-0.4, -0.2) is 27.1 Å². The van der Waals surface area contributed by atoms with Gasteiger partial charge in [0.1, 0.15) is 11.3 Å². The molecular weight excluding hydrogens is 410 g/mol. The van der Waals surface area contributed by atoms with E-state index in [0.29, 0.717) is 30.2 Å². The number of benzene rings is 2. The second kappa shape index (κ2) is 9.18. The average Bonchev–Trinajstić information content (AvgIpc) is 3.10. The van der Waals surface area contributed by atoms with Crippen molar-refractivity contribution < 1.29 is 4.79 Å². The lowest BCUT2D eigenvalue weighted by Gasteiger charge is -2.12. The standard InChI is InChI=1S/C24H24ClN5O/c1-16-8-10-18(11-9-16)15-30-22(28-21-7-4-13-26-23(21)30)12-14-27-24(31)29-20-6-3-5-19(25)17(20)2/h3-11,13H,12,14-15H2,1-2H3,(H2,27,29,31). The summed E-state index contributed by atoms with van der Waals surface area (Å²) in [5, 5.41) is 6.37. The zero-order valence-corrected chi connectivity index (χ0v) is 18.3. The number of urea groups is 1. The summed E-state index contributed by atoms with van der Waals surface area (Å²) in [4.78, 5) is 21.6. The molecule has 2 aromatic heterocycles. The van der Waals surface area contributed by atoms with Gasteiger partial charge < -0.3 is 15.2 Å². The van der Waals surface area contributed by atoms with E-state index in [1.54, 1.807) is 12.3 Å². The summed E-state index contributed by atoms with van der Waals surface area (Å²) in [7, 11) is 0. The van der Waals surface area contributed by atoms with Crippen molar-refractivity contribution in [2.75, 3.05) is 11.9 Å². The highest BCUT2D eigenvalue weighted by molar-refractivity contribution is 6.31. The molecule has 0 aliphatic rings. The minimum absolute atomic E-state index is 0.273. The number of amides is 2. The van der Waals surface area contributed by atoms with E-state index >= 15 is 0 Å². The molecule has 0 fully saturated rings. The van der Waals surface area contributed by atoms with E-state index in [1.165, 1.54) is 11.1 Å². The molecule has 0 aliphatic carbocycles. The van der Waals surface area contributed by atoms with Gasteiger partial charge in [-0.15, -0.1) is 0 Å². The minimum atomic E-state index is -0.273. The number of nitrogens with one attached hydrogen (secondary N) is 2. The molecule has 2 aromatic carbocycles. The summed E-state index contributed by atoms with van der Waals surface area (Å²) >= 11 is 6.12. The molecule has 0 saturated heterocycles. The second-order valence-corrected chi connectivity index (χ2v) is 7.90. The molecule has 158 valence electrons. The van der Waals surface area contributed by atoms with E-state index in [9.17, 15) is 4.79 Å². The van der Waals surface area contributed by atoms with Gasteiger partial charge in [0.15, 0.2) is 5.65 Å². The summed E-state index contributed by atoms with van der Waals surface area (Å²) in [6, 6.07) is 17.4. The van der Waals surface area contributed by atoms with Crippen LogP contribution in [0.5, 0.6) is 0 Å². The van der Waals surface area contributed by atoms with Crippen molar-refractivity contribution >= 4 is 34.5 Å². The van der Waals surface area contributed by atoms with Crippen LogP contribution in [0.3, 0.4) is 0 Å². The number of aryl methyl sites for hydroxylation is 1. The van der Waals surface area contributed by atoms with Crippen molar-refractivity contribution in [2.45, 2.75) is 26.8 Å². The lowest BCUT2D eigenvalue weighted by atomic mass is 10.1. The fourth-order valence-corrected chi connectivity index (χ4v) is 3.61. The third-order valence-electron chi connectivity index (χ3n) is 5.19. The highest BCUT2D eigenvalue weighted by Crippen LogP contribution is 2.22. The molecule has 2 amide bonds. The Hall–Kier alpha value is -3.38. The van der Waals surface area contributed by atoms with Crippen molar-refractivity contribution in [1.82, 2.24) is 19.9 Å². The Morgan fingerprint density at radius 3 is 2.68 bits per heavy atom. The van der Waals surface area contributed by atoms with Crippen LogP contribution in [0, 0.1) is 13.8 Å². The molecule has 2 N–H and O–H groups in total. The quantitative estimate of drug-likeness (QED) is 0.443. The number of pyridine rings is 1. The zero-order valence-electron chi connectivity index (χ0n) is 17.5. The molecule has 0 unspecified atom stereocenters. The number of halogens is 1. The first-order valence-electron chi connectivity index (χ1n) is 10.2. The fourth-order valence-electron chi connectivity index (χ4n) is 3.44. The van der Waals surface area contributed by atoms with Gasteiger partial charge in [0, 0.05) is 29.9 Å². The Balaban J connectivity index is 1.46. The predicted molar refractivity (Wildman–Crippen MR) is 125 cm³/mol. The molecule has 0 bridgehead atoms. The number of nitrogens with zero attached hydrogens (tertiary/aromatic N) is 3. The first kappa shape index (κ1) is 20.9. The maximum atomic E-state index is 12.3. The lowest BCUT2D eigenvalue weighted by molar-refractivity contribution is 0.252. The number of rotatable bonds is 6. The number of aromatic nitrogens is 3. The molecule has 7 heteroatoms. The normalized spacial score (nSPS) is 10.9. The van der Waals surface area contributed by atoms with Crippen molar-refractivity contribution in [1.29, 1.82) is 0 Å². The van der Waals surface area contributed by atoms with Gasteiger partial charge in [-0.3, -0.25) is 0 Å². The Morgan fingerprint density at radius 1 is 1.06 bits per heavy atom. The molecule has 31 heavy (non-hydrogen) atoms. The highest BCUT2D eigenvalue weighted by Gasteiger charge is 2.13. The van der Waals surface area contributed by atoms with Gasteiger partial charge in [0.05, 0.1) is 6.54 Å². The monoisotopic (exact) mass is 433 g/mol. The van der Waals surface area contributed by atoms with E-state index in [0.717, 1.165) is 22.6 Å². The number of fused-ring (bicyclic) bond motifs is 1. The van der Waals surface area contributed by atoms with Gasteiger partial charge in [0.2, 0.25) is 0 Å². The number of hydrogen-bond donors (Lipinski definition) is 2. The number of anilines is 1. The Labute approximate surface area is 186 Å². The molecule has 0 saturated carbocycles. The average molecular weight is 434 g/mol. The summed E-state index contributed by atoms with van der Waals surface area (Å²) in [5.41, 5.74) is 5.63. The van der Waals surface area contributed by atoms with E-state index in [1.807, 2.05) is 31.2 Å². The molecule has 4 aromatic rings. The topological polar surface area (TPSA) is 71.8 Å². The lowest BCUT2D eigenvalue weighted by Crippen LogP contribution is -2.31. The van der Waals surface area contributed by atoms with Crippen LogP contribution < -0.4 is 10.6 Å². The maximum Gasteiger partial charge on any atom is 0.319 e. The van der Waals surface area contributed by atoms with E-state index in [4.69, 9.17) is 16.6 Å². The predicted octanol–water partition coefficient (Wildman–Crippen LogP) is 5.11. The molecule has 0 aliphatic heterocycles. The van der Waals surface area contributed by atoms with Gasteiger partial charge in [0.25, 0.3) is 0 Å². The van der Waals surface area contributed by atoms with E-state index in [-0.39, 0.29) is 6.03 Å². The molecular formula is C24H24ClN5O. The third kappa shape index (κ3) is 4.86. The summed E-state index contributed by atoms with van der Waals surface area (Å²) in [5.74, 6) is 0.883. The smallest absolute Gasteiger partial charge is 0.319 e. The molecule has 6 nitrogen and oxygen atoms in total. The molecule has 0 radical (unpaired) electrons. The highest BCUT2D eigenvalue weighted by atomic mass is 35.5. The molecule has 4 rings (SSSR count). The number of imidazole rings is 1. The van der Waals surface area contributed by atoms with Crippen LogP contribution >= 0.6 is 11.6 Å². The van der Waals surface area contributed by atoms with Gasteiger partial charge in [-0.2, -0.15) is 0 Å². The SMILES string of the molecule is Cc1ccc(Cn2c(CCNC(=O)Nc3cccc(Cl)c3C)nc3cccnc32)cc1. The minimum Gasteiger partial charge on any atom is -0.337 e. The Kier molecular flexibility index (Phi) is 6.18. The van der Waals surface area contributed by atoms with Crippen molar-refractivity contribution in [3.05, 3.63) is 88.3 Å². The largest absolute Gasteiger partial charge is 0.337 e. The van der Waals surface area contributed by atoms with Crippen molar-refractivity contribution in [3.63, 3.8) is 0 Å². The van der Waals surface area contributed by atoms with Crippen molar-refractivity contribution in [2.24, 2.45) is 0 Å². The van der Waals surface area contributed by atoms with E-state index < -0.39 is 0 Å².